The summed E-state index contributed by atoms with van der Waals surface area (Å²) in [6.07, 6.45) is 0. The van der Waals surface area contributed by atoms with E-state index < -0.39 is 0 Å². The molecule has 1 atom stereocenters. The molecule has 110 valence electrons. The fourth-order valence-electron chi connectivity index (χ4n) is 2.28. The zero-order valence-electron chi connectivity index (χ0n) is 12.7. The summed E-state index contributed by atoms with van der Waals surface area (Å²) in [6.45, 7) is 4.20. The molecule has 2 aromatic carbocycles. The molecule has 0 aromatic heterocycles. The van der Waals surface area contributed by atoms with E-state index in [-0.39, 0.29) is 11.9 Å². The first kappa shape index (κ1) is 15.1. The van der Waals surface area contributed by atoms with E-state index >= 15 is 0 Å². The Bertz CT molecular complexity index is 593. The van der Waals surface area contributed by atoms with Gasteiger partial charge in [-0.05, 0) is 29.7 Å². The molecule has 1 amide bonds. The highest BCUT2D eigenvalue weighted by atomic mass is 16.5. The highest BCUT2D eigenvalue weighted by Gasteiger charge is 2.19. The van der Waals surface area contributed by atoms with Crippen molar-refractivity contribution in [1.82, 2.24) is 5.32 Å². The van der Waals surface area contributed by atoms with Crippen molar-refractivity contribution in [2.24, 2.45) is 5.92 Å². The van der Waals surface area contributed by atoms with Gasteiger partial charge in [0.05, 0.1) is 13.2 Å². The Labute approximate surface area is 126 Å². The maximum Gasteiger partial charge on any atom is 0.251 e. The van der Waals surface area contributed by atoms with E-state index in [2.05, 4.69) is 19.2 Å². The van der Waals surface area contributed by atoms with Crippen LogP contribution in [0, 0.1) is 5.92 Å². The SMILES string of the molecule is COc1cccc(C(=O)N[C@@H](c2ccccc2)C(C)C)c1. The van der Waals surface area contributed by atoms with Crippen LogP contribution < -0.4 is 10.1 Å². The van der Waals surface area contributed by atoms with E-state index in [0.29, 0.717) is 17.2 Å². The molecule has 0 radical (unpaired) electrons. The number of hydrogen-bond acceptors (Lipinski definition) is 2. The average Bonchev–Trinajstić information content (AvgIpc) is 2.53. The summed E-state index contributed by atoms with van der Waals surface area (Å²) in [6, 6.07) is 17.2. The standard InChI is InChI=1S/C18H21NO2/c1-13(2)17(14-8-5-4-6-9-14)19-18(20)15-10-7-11-16(12-15)21-3/h4-13,17H,1-3H3,(H,19,20)/t17-/m1/s1. The predicted molar refractivity (Wildman–Crippen MR) is 84.5 cm³/mol. The molecule has 0 bridgehead atoms. The van der Waals surface area contributed by atoms with Crippen LogP contribution in [-0.2, 0) is 0 Å². The van der Waals surface area contributed by atoms with Gasteiger partial charge in [-0.3, -0.25) is 4.79 Å². The Balaban J connectivity index is 2.19. The molecule has 0 aliphatic rings. The lowest BCUT2D eigenvalue weighted by Gasteiger charge is -2.23. The van der Waals surface area contributed by atoms with Gasteiger partial charge in [0.2, 0.25) is 0 Å². The van der Waals surface area contributed by atoms with Gasteiger partial charge in [-0.25, -0.2) is 0 Å². The van der Waals surface area contributed by atoms with Gasteiger partial charge in [-0.15, -0.1) is 0 Å². The quantitative estimate of drug-likeness (QED) is 0.906. The van der Waals surface area contributed by atoms with Crippen molar-refractivity contribution in [2.45, 2.75) is 19.9 Å². The highest BCUT2D eigenvalue weighted by molar-refractivity contribution is 5.94. The summed E-state index contributed by atoms with van der Waals surface area (Å²) in [5.41, 5.74) is 1.72. The molecule has 0 unspecified atom stereocenters. The minimum atomic E-state index is -0.0866. The molecule has 2 aromatic rings. The van der Waals surface area contributed by atoms with Crippen molar-refractivity contribution in [3.8, 4) is 5.75 Å². The van der Waals surface area contributed by atoms with Crippen molar-refractivity contribution in [1.29, 1.82) is 0 Å². The molecule has 0 aliphatic carbocycles. The van der Waals surface area contributed by atoms with Gasteiger partial charge in [0.15, 0.2) is 0 Å². The van der Waals surface area contributed by atoms with Gasteiger partial charge in [-0.1, -0.05) is 50.2 Å². The van der Waals surface area contributed by atoms with Gasteiger partial charge in [0.25, 0.3) is 5.91 Å². The second-order valence-corrected chi connectivity index (χ2v) is 5.34. The smallest absolute Gasteiger partial charge is 0.251 e. The maximum absolute atomic E-state index is 12.4. The zero-order chi connectivity index (χ0) is 15.2. The van der Waals surface area contributed by atoms with Crippen molar-refractivity contribution < 1.29 is 9.53 Å². The summed E-state index contributed by atoms with van der Waals surface area (Å²) in [4.78, 5) is 12.4. The van der Waals surface area contributed by atoms with Crippen LogP contribution in [0.25, 0.3) is 0 Å². The Morgan fingerprint density at radius 1 is 1.05 bits per heavy atom. The second-order valence-electron chi connectivity index (χ2n) is 5.34. The van der Waals surface area contributed by atoms with E-state index in [1.165, 1.54) is 0 Å². The van der Waals surface area contributed by atoms with Crippen LogP contribution in [0.3, 0.4) is 0 Å². The first-order chi connectivity index (χ1) is 10.1. The molecule has 3 heteroatoms. The lowest BCUT2D eigenvalue weighted by atomic mass is 9.95. The van der Waals surface area contributed by atoms with Crippen LogP contribution in [0.2, 0.25) is 0 Å². The number of amides is 1. The van der Waals surface area contributed by atoms with Gasteiger partial charge < -0.3 is 10.1 Å². The Morgan fingerprint density at radius 3 is 2.38 bits per heavy atom. The molecule has 1 N–H and O–H groups in total. The van der Waals surface area contributed by atoms with Crippen LogP contribution in [0.4, 0.5) is 0 Å². The Morgan fingerprint density at radius 2 is 1.76 bits per heavy atom. The third-order valence-corrected chi connectivity index (χ3v) is 3.44. The minimum absolute atomic E-state index is 0.00935. The molecule has 3 nitrogen and oxygen atoms in total. The topological polar surface area (TPSA) is 38.3 Å². The fourth-order valence-corrected chi connectivity index (χ4v) is 2.28. The number of carbonyl (C=O) groups excluding carboxylic acids is 1. The molecule has 0 saturated heterocycles. The van der Waals surface area contributed by atoms with Crippen molar-refractivity contribution in [3.63, 3.8) is 0 Å². The molecule has 0 fully saturated rings. The van der Waals surface area contributed by atoms with Gasteiger partial charge in [0, 0.05) is 5.56 Å². The van der Waals surface area contributed by atoms with Crippen molar-refractivity contribution in [3.05, 3.63) is 65.7 Å². The number of carbonyl (C=O) groups is 1. The number of ether oxygens (including phenoxy) is 1. The maximum atomic E-state index is 12.4. The van der Waals surface area contributed by atoms with E-state index in [1.54, 1.807) is 19.2 Å². The molecular formula is C18H21NO2. The highest BCUT2D eigenvalue weighted by Crippen LogP contribution is 2.22. The molecule has 0 saturated carbocycles. The van der Waals surface area contributed by atoms with Gasteiger partial charge in [0.1, 0.15) is 5.75 Å². The average molecular weight is 283 g/mol. The van der Waals surface area contributed by atoms with Crippen LogP contribution >= 0.6 is 0 Å². The van der Waals surface area contributed by atoms with Gasteiger partial charge in [-0.2, -0.15) is 0 Å². The largest absolute Gasteiger partial charge is 0.497 e. The summed E-state index contributed by atoms with van der Waals surface area (Å²) in [7, 11) is 1.60. The lowest BCUT2D eigenvalue weighted by molar-refractivity contribution is 0.0925. The van der Waals surface area contributed by atoms with Gasteiger partial charge >= 0.3 is 0 Å². The van der Waals surface area contributed by atoms with E-state index in [9.17, 15) is 4.79 Å². The van der Waals surface area contributed by atoms with E-state index in [4.69, 9.17) is 4.74 Å². The first-order valence-corrected chi connectivity index (χ1v) is 7.11. The number of rotatable bonds is 5. The fraction of sp³-hybridized carbons (Fsp3) is 0.278. The molecule has 0 heterocycles. The van der Waals surface area contributed by atoms with Crippen LogP contribution in [0.5, 0.6) is 5.75 Å². The number of nitrogens with one attached hydrogen (secondary N) is 1. The van der Waals surface area contributed by atoms with E-state index in [1.807, 2.05) is 42.5 Å². The molecular weight excluding hydrogens is 262 g/mol. The normalized spacial score (nSPS) is 12.0. The monoisotopic (exact) mass is 283 g/mol. The third-order valence-electron chi connectivity index (χ3n) is 3.44. The minimum Gasteiger partial charge on any atom is -0.497 e. The molecule has 21 heavy (non-hydrogen) atoms. The Kier molecular flexibility index (Phi) is 4.99. The second kappa shape index (κ2) is 6.93. The summed E-state index contributed by atoms with van der Waals surface area (Å²) >= 11 is 0. The Hall–Kier alpha value is -2.29. The summed E-state index contributed by atoms with van der Waals surface area (Å²) in [5.74, 6) is 0.905. The zero-order valence-corrected chi connectivity index (χ0v) is 12.7. The van der Waals surface area contributed by atoms with Crippen molar-refractivity contribution >= 4 is 5.91 Å². The molecule has 0 aliphatic heterocycles. The van der Waals surface area contributed by atoms with Crippen LogP contribution in [-0.4, -0.2) is 13.0 Å². The van der Waals surface area contributed by atoms with Crippen molar-refractivity contribution in [2.75, 3.05) is 7.11 Å². The van der Waals surface area contributed by atoms with Crippen LogP contribution in [0.1, 0.15) is 35.8 Å². The predicted octanol–water partition coefficient (Wildman–Crippen LogP) is 3.82. The number of methoxy groups -OCH3 is 1. The summed E-state index contributed by atoms with van der Waals surface area (Å²) in [5, 5.41) is 3.11. The van der Waals surface area contributed by atoms with Crippen LogP contribution in [0.15, 0.2) is 54.6 Å². The molecule has 0 spiro atoms. The number of benzene rings is 2. The first-order valence-electron chi connectivity index (χ1n) is 7.11. The lowest BCUT2D eigenvalue weighted by Crippen LogP contribution is -2.31. The molecule has 2 rings (SSSR count). The van der Waals surface area contributed by atoms with E-state index in [0.717, 1.165) is 5.56 Å². The third kappa shape index (κ3) is 3.85. The number of hydrogen-bond donors (Lipinski definition) is 1. The summed E-state index contributed by atoms with van der Waals surface area (Å²) < 4.78 is 5.16.